The molecule has 7 nitrogen and oxygen atoms in total. The maximum absolute atomic E-state index is 13.9. The minimum atomic E-state index is -3.26. The van der Waals surface area contributed by atoms with Gasteiger partial charge >= 0.3 is 0 Å². The molecule has 3 saturated heterocycles. The highest BCUT2D eigenvalue weighted by Gasteiger charge is 2.54. The van der Waals surface area contributed by atoms with Crippen molar-refractivity contribution < 1.29 is 22.6 Å². The summed E-state index contributed by atoms with van der Waals surface area (Å²) in [5.74, 6) is 3.12. The van der Waals surface area contributed by atoms with Crippen LogP contribution in [0.3, 0.4) is 0 Å². The van der Waals surface area contributed by atoms with Crippen molar-refractivity contribution in [3.05, 3.63) is 0 Å². The van der Waals surface area contributed by atoms with Crippen molar-refractivity contribution in [3.8, 4) is 0 Å². The number of nitrogens with zero attached hydrogens (tertiary/aromatic N) is 2. The van der Waals surface area contributed by atoms with Crippen LogP contribution in [0.25, 0.3) is 0 Å². The zero-order chi connectivity index (χ0) is 26.3. The maximum Gasteiger partial charge on any atom is 0.217 e. The van der Waals surface area contributed by atoms with Crippen LogP contribution in [-0.2, 0) is 24.2 Å². The summed E-state index contributed by atoms with van der Waals surface area (Å²) in [6.07, 6.45) is 15.7. The van der Waals surface area contributed by atoms with E-state index >= 15 is 0 Å². The number of sulfonamides is 1. The van der Waals surface area contributed by atoms with E-state index in [0.717, 1.165) is 63.5 Å². The zero-order valence-electron chi connectivity index (χ0n) is 23.8. The van der Waals surface area contributed by atoms with Gasteiger partial charge in [-0.05, 0) is 107 Å². The third-order valence-electron chi connectivity index (χ3n) is 11.7. The van der Waals surface area contributed by atoms with Crippen LogP contribution in [-0.4, -0.2) is 87.3 Å². The van der Waals surface area contributed by atoms with Crippen LogP contribution in [0.5, 0.6) is 0 Å². The Hall–Kier alpha value is -0.250. The van der Waals surface area contributed by atoms with Crippen LogP contribution < -0.4 is 0 Å². The predicted molar refractivity (Wildman–Crippen MR) is 148 cm³/mol. The topological polar surface area (TPSA) is 68.3 Å². The van der Waals surface area contributed by atoms with Gasteiger partial charge in [-0.25, -0.2) is 12.7 Å². The first-order chi connectivity index (χ1) is 18.5. The van der Waals surface area contributed by atoms with Gasteiger partial charge in [-0.3, -0.25) is 4.90 Å². The van der Waals surface area contributed by atoms with Gasteiger partial charge < -0.3 is 14.2 Å². The fourth-order valence-corrected chi connectivity index (χ4v) is 11.9. The van der Waals surface area contributed by atoms with Crippen molar-refractivity contribution in [1.29, 1.82) is 0 Å². The molecule has 0 aromatic carbocycles. The second kappa shape index (κ2) is 11.9. The van der Waals surface area contributed by atoms with Gasteiger partial charge in [-0.2, -0.15) is 0 Å². The normalized spacial score (nSPS) is 45.4. The Morgan fingerprint density at radius 2 is 1.53 bits per heavy atom. The molecule has 0 aromatic rings. The molecule has 0 amide bonds. The summed E-state index contributed by atoms with van der Waals surface area (Å²) in [5, 5.41) is -0.183. The first kappa shape index (κ1) is 27.9. The first-order valence-electron chi connectivity index (χ1n) is 15.9. The summed E-state index contributed by atoms with van der Waals surface area (Å²) in [6.45, 7) is 5.91. The van der Waals surface area contributed by atoms with Crippen molar-refractivity contribution in [2.24, 2.45) is 29.6 Å². The lowest BCUT2D eigenvalue weighted by Crippen LogP contribution is -2.71. The molecule has 0 N–H and O–H groups in total. The number of hydrogen-bond acceptors (Lipinski definition) is 6. The monoisotopic (exact) mass is 552 g/mol. The highest BCUT2D eigenvalue weighted by molar-refractivity contribution is 7.89. The van der Waals surface area contributed by atoms with Crippen molar-refractivity contribution >= 4 is 10.0 Å². The molecular formula is C30H52N2O5S. The highest BCUT2D eigenvalue weighted by Crippen LogP contribution is 2.49. The number of methoxy groups -OCH3 is 1. The summed E-state index contributed by atoms with van der Waals surface area (Å²) in [6, 6.07) is 0.799. The number of ether oxygens (including phenoxy) is 3. The molecule has 3 saturated carbocycles. The third kappa shape index (κ3) is 5.36. The molecule has 6 rings (SSSR count). The minimum Gasteiger partial charge on any atom is -0.383 e. The predicted octanol–water partition coefficient (Wildman–Crippen LogP) is 4.65. The molecule has 8 atom stereocenters. The van der Waals surface area contributed by atoms with Crippen molar-refractivity contribution in [2.45, 2.75) is 120 Å². The van der Waals surface area contributed by atoms with Crippen LogP contribution >= 0.6 is 0 Å². The Bertz CT molecular complexity index is 893. The lowest BCUT2D eigenvalue weighted by molar-refractivity contribution is -0.128. The van der Waals surface area contributed by atoms with E-state index in [1.807, 2.05) is 11.4 Å². The molecule has 6 aliphatic rings. The molecule has 6 unspecified atom stereocenters. The smallest absolute Gasteiger partial charge is 0.217 e. The summed E-state index contributed by atoms with van der Waals surface area (Å²) in [4.78, 5) is 2.63. The van der Waals surface area contributed by atoms with E-state index in [1.54, 1.807) is 0 Å². The standard InChI is InChI=1S/C30H52N2O5S/c1-21-7-3-4-8-29(21)38(33,34)31-15-5-6-16-32-25(18-31)30(26(32)19-35-2)23-11-9-22(10-12-23)24-13-14-27-28(17-24)37-20-36-27/h21-30H,3-20H2,1-2H3/t21?,22?,23?,24?,25?,26-,27?,28?,29?,30+/m1/s1. The number of rotatable bonds is 6. The Morgan fingerprint density at radius 3 is 2.32 bits per heavy atom. The average molecular weight is 553 g/mol. The molecule has 0 radical (unpaired) electrons. The Labute approximate surface area is 231 Å². The van der Waals surface area contributed by atoms with Gasteiger partial charge in [0.2, 0.25) is 10.0 Å². The van der Waals surface area contributed by atoms with Gasteiger partial charge in [0.15, 0.2) is 0 Å². The lowest BCUT2D eigenvalue weighted by atomic mass is 9.62. The number of hydrogen-bond donors (Lipinski definition) is 0. The fraction of sp³-hybridized carbons (Fsp3) is 1.00. The van der Waals surface area contributed by atoms with Crippen LogP contribution in [0.1, 0.15) is 90.4 Å². The van der Waals surface area contributed by atoms with Crippen molar-refractivity contribution in [3.63, 3.8) is 0 Å². The minimum absolute atomic E-state index is 0.183. The van der Waals surface area contributed by atoms with Gasteiger partial charge in [0.25, 0.3) is 0 Å². The van der Waals surface area contributed by atoms with Crippen molar-refractivity contribution in [2.75, 3.05) is 40.1 Å². The van der Waals surface area contributed by atoms with E-state index < -0.39 is 10.0 Å². The molecule has 0 bridgehead atoms. The fourth-order valence-electron chi connectivity index (χ4n) is 9.58. The molecule has 3 aliphatic carbocycles. The van der Waals surface area contributed by atoms with E-state index in [0.29, 0.717) is 56.0 Å². The third-order valence-corrected chi connectivity index (χ3v) is 14.2. The molecule has 6 fully saturated rings. The van der Waals surface area contributed by atoms with Crippen molar-refractivity contribution in [1.82, 2.24) is 9.21 Å². The summed E-state index contributed by atoms with van der Waals surface area (Å²) < 4.78 is 47.2. The molecule has 3 heterocycles. The van der Waals surface area contributed by atoms with E-state index in [2.05, 4.69) is 11.8 Å². The molecule has 218 valence electrons. The molecule has 0 aromatic heterocycles. The SMILES string of the molecule is COC[C@@H]1[C@@H](C2CCC(C3CCC4OCOC4C3)CC2)C2CN(S(=O)(=O)C3CCCCC3C)CCCCN21. The highest BCUT2D eigenvalue weighted by atomic mass is 32.2. The lowest BCUT2D eigenvalue weighted by Gasteiger charge is -2.60. The van der Waals surface area contributed by atoms with E-state index in [1.165, 1.54) is 44.9 Å². The van der Waals surface area contributed by atoms with E-state index in [9.17, 15) is 8.42 Å². The second-order valence-electron chi connectivity index (χ2n) is 13.6. The van der Waals surface area contributed by atoms with Crippen LogP contribution in [0, 0.1) is 29.6 Å². The first-order valence-corrected chi connectivity index (χ1v) is 17.4. The molecule has 3 aliphatic heterocycles. The molecular weight excluding hydrogens is 500 g/mol. The molecule has 0 spiro atoms. The Morgan fingerprint density at radius 1 is 0.816 bits per heavy atom. The summed E-state index contributed by atoms with van der Waals surface area (Å²) in [7, 11) is -1.43. The van der Waals surface area contributed by atoms with Gasteiger partial charge in [0.05, 0.1) is 24.1 Å². The van der Waals surface area contributed by atoms with Crippen LogP contribution in [0.2, 0.25) is 0 Å². The molecule has 38 heavy (non-hydrogen) atoms. The van der Waals surface area contributed by atoms with Gasteiger partial charge in [-0.15, -0.1) is 0 Å². The summed E-state index contributed by atoms with van der Waals surface area (Å²) in [5.41, 5.74) is 0. The molecule has 8 heteroatoms. The largest absolute Gasteiger partial charge is 0.383 e. The van der Waals surface area contributed by atoms with E-state index in [-0.39, 0.29) is 11.2 Å². The van der Waals surface area contributed by atoms with Crippen LogP contribution in [0.4, 0.5) is 0 Å². The van der Waals surface area contributed by atoms with Crippen LogP contribution in [0.15, 0.2) is 0 Å². The van der Waals surface area contributed by atoms with Gasteiger partial charge in [0.1, 0.15) is 6.79 Å². The average Bonchev–Trinajstić information content (AvgIpc) is 3.38. The Balaban J connectivity index is 1.13. The van der Waals surface area contributed by atoms with Gasteiger partial charge in [-0.1, -0.05) is 19.8 Å². The Kier molecular flexibility index (Phi) is 8.76. The van der Waals surface area contributed by atoms with E-state index in [4.69, 9.17) is 14.2 Å². The number of fused-ring (bicyclic) bond motifs is 2. The second-order valence-corrected chi connectivity index (χ2v) is 15.7. The quantitative estimate of drug-likeness (QED) is 0.478. The summed E-state index contributed by atoms with van der Waals surface area (Å²) >= 11 is 0. The maximum atomic E-state index is 13.9. The van der Waals surface area contributed by atoms with Gasteiger partial charge in [0, 0.05) is 32.3 Å². The zero-order valence-corrected chi connectivity index (χ0v) is 24.7.